The first kappa shape index (κ1) is 69.7. The van der Waals surface area contributed by atoms with E-state index >= 15 is 0 Å². The number of aromatic nitrogens is 12. The van der Waals surface area contributed by atoms with Gasteiger partial charge >= 0.3 is 7.12 Å². The van der Waals surface area contributed by atoms with Crippen LogP contribution in [0.3, 0.4) is 0 Å². The van der Waals surface area contributed by atoms with Crippen LogP contribution in [0.4, 0.5) is 34.4 Å². The van der Waals surface area contributed by atoms with Crippen LogP contribution in [0, 0.1) is 0 Å². The molecule has 0 atom stereocenters. The number of pyridine rings is 6. The van der Waals surface area contributed by atoms with Crippen molar-refractivity contribution in [3.05, 3.63) is 179 Å². The molecule has 10 aromatic heterocycles. The summed E-state index contributed by atoms with van der Waals surface area (Å²) in [6, 6.07) is 15.7. The molecule has 0 amide bonds. The Kier molecular flexibility index (Phi) is 19.4. The second-order valence-corrected chi connectivity index (χ2v) is 28.8. The number of aldehydes is 2. The third kappa shape index (κ3) is 13.6. The lowest BCUT2D eigenvalue weighted by Gasteiger charge is -2.43. The van der Waals surface area contributed by atoms with Crippen LogP contribution in [-0.2, 0) is 58.8 Å². The lowest BCUT2D eigenvalue weighted by atomic mass is 9.80. The number of carbonyl (C=O) groups excluding carboxylic acids is 2. The summed E-state index contributed by atoms with van der Waals surface area (Å²) in [5.41, 5.74) is 5.48. The zero-order valence-corrected chi connectivity index (χ0v) is 59.8. The van der Waals surface area contributed by atoms with Crippen LogP contribution in [0.15, 0.2) is 130 Å². The van der Waals surface area contributed by atoms with E-state index in [2.05, 4.69) is 75.6 Å². The third-order valence-electron chi connectivity index (χ3n) is 21.4. The minimum absolute atomic E-state index is 0.135. The number of aryl methyl sites for hydroxylation is 6. The molecule has 0 unspecified atom stereocenters. The molecular formula is C74H82BClN18O10. The fraction of sp³-hybridized carbons (Fsp3) is 0.405. The maximum atomic E-state index is 13.7. The van der Waals surface area contributed by atoms with Crippen molar-refractivity contribution in [1.29, 1.82) is 0 Å². The van der Waals surface area contributed by atoms with Crippen LogP contribution in [0.2, 0.25) is 5.02 Å². The van der Waals surface area contributed by atoms with Crippen LogP contribution in [0.1, 0.15) is 85.5 Å². The lowest BCUT2D eigenvalue weighted by Crippen LogP contribution is -2.56. The number of hydrogen-bond donors (Lipinski definition) is 2. The number of carbonyl (C=O) groups is 2. The van der Waals surface area contributed by atoms with Gasteiger partial charge in [0, 0.05) is 150 Å². The van der Waals surface area contributed by atoms with E-state index in [9.17, 15) is 28.8 Å². The van der Waals surface area contributed by atoms with Gasteiger partial charge in [-0.15, -0.1) is 0 Å². The summed E-state index contributed by atoms with van der Waals surface area (Å²) in [6.07, 6.45) is 24.7. The van der Waals surface area contributed by atoms with E-state index in [0.717, 1.165) is 174 Å². The van der Waals surface area contributed by atoms with E-state index in [1.807, 2.05) is 70.7 Å². The Morgan fingerprint density at radius 3 is 1.45 bits per heavy atom. The average Bonchev–Trinajstić information content (AvgIpc) is 1.55. The Morgan fingerprint density at radius 1 is 0.519 bits per heavy atom. The fourth-order valence-electron chi connectivity index (χ4n) is 14.6. The molecule has 0 radical (unpaired) electrons. The van der Waals surface area contributed by atoms with Crippen molar-refractivity contribution in [2.24, 2.45) is 14.1 Å². The molecule has 17 rings (SSSR count). The highest BCUT2D eigenvalue weighted by Gasteiger charge is 2.52. The molecule has 0 bridgehead atoms. The predicted molar refractivity (Wildman–Crippen MR) is 398 cm³/mol. The molecule has 0 aromatic carbocycles. The van der Waals surface area contributed by atoms with Crippen LogP contribution in [0.25, 0.3) is 44.3 Å². The normalized spacial score (nSPS) is 18.2. The zero-order valence-electron chi connectivity index (χ0n) is 59.0. The Bertz CT molecular complexity index is 5150. The highest BCUT2D eigenvalue weighted by molar-refractivity contribution is 6.62. The van der Waals surface area contributed by atoms with Gasteiger partial charge in [-0.2, -0.15) is 19.6 Å². The summed E-state index contributed by atoms with van der Waals surface area (Å²) in [7, 11) is 2.84. The van der Waals surface area contributed by atoms with Gasteiger partial charge in [-0.3, -0.25) is 38.6 Å². The smallest absolute Gasteiger partial charge is 0.399 e. The molecule has 5 fully saturated rings. The predicted octanol–water partition coefficient (Wildman–Crippen LogP) is 6.48. The van der Waals surface area contributed by atoms with Crippen molar-refractivity contribution in [3.8, 4) is 22.8 Å². The summed E-state index contributed by atoms with van der Waals surface area (Å²) in [5.74, 6) is 1.44. The quantitative estimate of drug-likeness (QED) is 0.0869. The molecule has 7 aliphatic rings. The van der Waals surface area contributed by atoms with Crippen LogP contribution in [0.5, 0.6) is 0 Å². The maximum absolute atomic E-state index is 13.7. The number of fused-ring (bicyclic) bond motifs is 6. The molecule has 17 heterocycles. The highest BCUT2D eigenvalue weighted by atomic mass is 35.5. The lowest BCUT2D eigenvalue weighted by molar-refractivity contribution is -0.0660. The van der Waals surface area contributed by atoms with Gasteiger partial charge in [0.2, 0.25) is 0 Å². The maximum Gasteiger partial charge on any atom is 0.496 e. The number of hydrogen-bond acceptors (Lipinski definition) is 22. The van der Waals surface area contributed by atoms with E-state index in [4.69, 9.17) is 30.4 Å². The number of piperazine rings is 2. The number of rotatable bonds is 14. The van der Waals surface area contributed by atoms with Crippen molar-refractivity contribution in [2.45, 2.75) is 103 Å². The number of halogens is 1. The Hall–Kier alpha value is -10.0. The van der Waals surface area contributed by atoms with E-state index in [-0.39, 0.29) is 50.0 Å². The Balaban J connectivity index is 0.000000134. The van der Waals surface area contributed by atoms with Gasteiger partial charge in [-0.1, -0.05) is 11.6 Å². The fourth-order valence-corrected chi connectivity index (χ4v) is 14.7. The molecule has 0 spiro atoms. The van der Waals surface area contributed by atoms with Gasteiger partial charge in [0.25, 0.3) is 22.2 Å². The first-order valence-electron chi connectivity index (χ1n) is 35.4. The molecule has 7 aliphatic heterocycles. The number of nitrogens with one attached hydrogen (secondary N) is 2. The van der Waals surface area contributed by atoms with Gasteiger partial charge < -0.3 is 57.5 Å². The second-order valence-electron chi connectivity index (χ2n) is 28.4. The van der Waals surface area contributed by atoms with Gasteiger partial charge in [0.1, 0.15) is 23.0 Å². The van der Waals surface area contributed by atoms with E-state index in [1.165, 1.54) is 21.5 Å². The van der Waals surface area contributed by atoms with Crippen molar-refractivity contribution < 1.29 is 28.4 Å². The van der Waals surface area contributed by atoms with Crippen molar-refractivity contribution in [3.63, 3.8) is 0 Å². The second kappa shape index (κ2) is 28.9. The largest absolute Gasteiger partial charge is 0.496 e. The molecular weight excluding hydrogens is 1350 g/mol. The first-order valence-corrected chi connectivity index (χ1v) is 35.8. The SMILES string of the molecule is Cn1cc(-c2ccnc(-n3ncc4c5n(cc4c3=O)CCCC5)c2C=O)cc(Nc2ccc(N3CCN(C4COC4)CC3)cn2)c1=O.Cn1cc(B2OC(C)(C)C(C)(C)O2)cc(Nc2ccc(N3CCN(C4COC4)CC3)cn2)c1=O.O=Cc1c(Cl)ccnc1-n1ncc2c3n(cc2c1=O)CCCC3. The topological polar surface area (TPSA) is 283 Å². The summed E-state index contributed by atoms with van der Waals surface area (Å²) >= 11 is 6.01. The van der Waals surface area contributed by atoms with Gasteiger partial charge in [0.05, 0.1) is 113 Å². The molecule has 28 nitrogen and oxygen atoms in total. The van der Waals surface area contributed by atoms with E-state index < -0.39 is 18.3 Å². The molecule has 2 N–H and O–H groups in total. The van der Waals surface area contributed by atoms with Crippen molar-refractivity contribution in [2.75, 3.05) is 99.2 Å². The van der Waals surface area contributed by atoms with Gasteiger partial charge in [0.15, 0.2) is 24.2 Å². The monoisotopic (exact) mass is 1430 g/mol. The number of nitrogens with zero attached hydrogens (tertiary/aromatic N) is 16. The standard InChI is InChI=1S/C34H35N9O4.C24H34BN5O4.C16H13ClN4O2/c1-39-17-22(14-29(34(39)46)38-31-6-5-23(15-36-31)40-10-12-41(13-11-40)24-20-47-21-24)25-7-8-35-32(28(25)19-44)43-33(45)27-18-42-9-3-2-4-30(42)26(27)16-37-43;1-23(2)24(3,4)34-25(33-23)17-12-20(22(31)28(5)14-17)27-21-7-6-18(13-26-21)29-8-10-30(11-9-29)19-15-32-16-19;17-13-4-5-18-15(12(13)9-22)21-16(23)11-8-20-6-2-1-3-14(20)10(11)7-19-21/h5-8,14-19,24H,2-4,9-13,20-21H2,1H3,(H,36,38);6-7,12-14,19H,8-11,15-16H2,1-5H3,(H,26,27);4-5,7-9H,1-3,6H2. The van der Waals surface area contributed by atoms with Gasteiger partial charge in [-0.05, 0) is 120 Å². The summed E-state index contributed by atoms with van der Waals surface area (Å²) < 4.78 is 32.6. The molecule has 104 heavy (non-hydrogen) atoms. The Morgan fingerprint density at radius 2 is 0.990 bits per heavy atom. The Labute approximate surface area is 603 Å². The summed E-state index contributed by atoms with van der Waals surface area (Å²) in [6.45, 7) is 21.1. The number of ether oxygens (including phenoxy) is 2. The van der Waals surface area contributed by atoms with Crippen molar-refractivity contribution in [1.82, 2.24) is 67.6 Å². The molecule has 538 valence electrons. The summed E-state index contributed by atoms with van der Waals surface area (Å²) in [5, 5.41) is 18.1. The number of anilines is 6. The minimum Gasteiger partial charge on any atom is -0.399 e. The molecule has 30 heteroatoms. The zero-order chi connectivity index (χ0) is 72.1. The molecule has 0 saturated carbocycles. The first-order chi connectivity index (χ1) is 50.3. The molecule has 10 aromatic rings. The molecule has 0 aliphatic carbocycles. The van der Waals surface area contributed by atoms with Crippen LogP contribution >= 0.6 is 11.6 Å². The van der Waals surface area contributed by atoms with Crippen LogP contribution in [-0.4, -0.2) is 189 Å². The highest BCUT2D eigenvalue weighted by Crippen LogP contribution is 2.37. The minimum atomic E-state index is -0.544. The van der Waals surface area contributed by atoms with E-state index in [0.29, 0.717) is 69.6 Å². The third-order valence-corrected chi connectivity index (χ3v) is 21.8. The van der Waals surface area contributed by atoms with E-state index in [1.54, 1.807) is 67.8 Å². The van der Waals surface area contributed by atoms with Crippen molar-refractivity contribution >= 4 is 92.7 Å². The average molecular weight is 1430 g/mol. The van der Waals surface area contributed by atoms with Gasteiger partial charge in [-0.25, -0.2) is 19.9 Å². The van der Waals surface area contributed by atoms with Crippen LogP contribution < -0.4 is 48.1 Å². The summed E-state index contributed by atoms with van der Waals surface area (Å²) in [4.78, 5) is 104. The molecule has 5 saturated heterocycles.